The second-order valence-electron chi connectivity index (χ2n) is 9.71. The van der Waals surface area contributed by atoms with Crippen molar-refractivity contribution in [3.05, 3.63) is 95.1 Å². The maximum atomic E-state index is 14.2. The van der Waals surface area contributed by atoms with Crippen molar-refractivity contribution in [1.29, 1.82) is 0 Å². The maximum Gasteiger partial charge on any atom is 0.410 e. The summed E-state index contributed by atoms with van der Waals surface area (Å²) in [5, 5.41) is 0. The van der Waals surface area contributed by atoms with Crippen molar-refractivity contribution >= 4 is 11.9 Å². The van der Waals surface area contributed by atoms with Crippen LogP contribution in [0.5, 0.6) is 0 Å². The van der Waals surface area contributed by atoms with Crippen molar-refractivity contribution in [3.8, 4) is 11.1 Å². The van der Waals surface area contributed by atoms with Crippen LogP contribution in [0.4, 0.5) is 13.6 Å². The smallest absolute Gasteiger partial charge is 0.410 e. The van der Waals surface area contributed by atoms with Crippen molar-refractivity contribution in [1.82, 2.24) is 4.90 Å². The van der Waals surface area contributed by atoms with E-state index < -0.39 is 29.4 Å². The van der Waals surface area contributed by atoms with Gasteiger partial charge in [0.25, 0.3) is 0 Å². The van der Waals surface area contributed by atoms with Gasteiger partial charge in [0.2, 0.25) is 0 Å². The molecule has 2 aliphatic heterocycles. The first kappa shape index (κ1) is 22.9. The number of carbonyl (C=O) groups excluding carboxylic acids is 2. The Hall–Kier alpha value is -3.58. The van der Waals surface area contributed by atoms with Gasteiger partial charge in [0.05, 0.1) is 30.9 Å². The van der Waals surface area contributed by atoms with E-state index in [1.165, 1.54) is 0 Å². The Morgan fingerprint density at radius 2 is 1.50 bits per heavy atom. The molecule has 184 valence electrons. The number of fused-ring (bicyclic) bond motifs is 5. The van der Waals surface area contributed by atoms with Gasteiger partial charge >= 0.3 is 6.09 Å². The Kier molecular flexibility index (Phi) is 5.80. The van der Waals surface area contributed by atoms with Crippen LogP contribution in [0.1, 0.15) is 40.2 Å². The quantitative estimate of drug-likeness (QED) is 0.450. The molecule has 0 radical (unpaired) electrons. The number of carbonyl (C=O) groups is 2. The second kappa shape index (κ2) is 9.13. The zero-order chi connectivity index (χ0) is 24.8. The van der Waals surface area contributed by atoms with Crippen LogP contribution in [-0.2, 0) is 9.47 Å². The molecule has 5 nitrogen and oxygen atoms in total. The molecule has 0 spiro atoms. The molecular formula is C29H25F2NO4. The van der Waals surface area contributed by atoms with Gasteiger partial charge in [-0.05, 0) is 53.3 Å². The average Bonchev–Trinajstić information content (AvgIpc) is 3.21. The highest BCUT2D eigenvalue weighted by Crippen LogP contribution is 2.44. The first-order chi connectivity index (χ1) is 17.5. The monoisotopic (exact) mass is 489 g/mol. The first-order valence-electron chi connectivity index (χ1n) is 12.2. The minimum Gasteiger partial charge on any atom is -0.448 e. The third kappa shape index (κ3) is 3.88. The summed E-state index contributed by atoms with van der Waals surface area (Å²) in [5.74, 6) is -2.39. The largest absolute Gasteiger partial charge is 0.448 e. The number of morpholine rings is 1. The molecule has 2 atom stereocenters. The minimum atomic E-state index is -0.734. The van der Waals surface area contributed by atoms with E-state index in [1.807, 2.05) is 24.3 Å². The number of nitrogens with zero attached hydrogens (tertiary/aromatic N) is 1. The van der Waals surface area contributed by atoms with E-state index in [9.17, 15) is 18.4 Å². The van der Waals surface area contributed by atoms with Gasteiger partial charge in [0.1, 0.15) is 18.2 Å². The fourth-order valence-corrected chi connectivity index (χ4v) is 6.00. The number of rotatable bonds is 4. The van der Waals surface area contributed by atoms with Crippen molar-refractivity contribution in [3.63, 3.8) is 0 Å². The molecule has 0 N–H and O–H groups in total. The third-order valence-corrected chi connectivity index (χ3v) is 7.63. The van der Waals surface area contributed by atoms with Crippen molar-refractivity contribution in [2.45, 2.75) is 30.8 Å². The van der Waals surface area contributed by atoms with E-state index in [0.29, 0.717) is 12.8 Å². The topological polar surface area (TPSA) is 55.8 Å². The first-order valence-corrected chi connectivity index (χ1v) is 12.2. The van der Waals surface area contributed by atoms with Crippen LogP contribution in [0.2, 0.25) is 0 Å². The summed E-state index contributed by atoms with van der Waals surface area (Å²) in [7, 11) is 0. The fourth-order valence-electron chi connectivity index (χ4n) is 6.00. The van der Waals surface area contributed by atoms with E-state index in [2.05, 4.69) is 24.3 Å². The van der Waals surface area contributed by atoms with Crippen molar-refractivity contribution in [2.24, 2.45) is 5.92 Å². The molecule has 0 saturated carbocycles. The molecule has 1 aliphatic carbocycles. The zero-order valence-corrected chi connectivity index (χ0v) is 19.5. The van der Waals surface area contributed by atoms with Crippen LogP contribution in [-0.4, -0.2) is 48.7 Å². The molecule has 6 rings (SSSR count). The van der Waals surface area contributed by atoms with E-state index in [4.69, 9.17) is 9.47 Å². The van der Waals surface area contributed by atoms with Crippen molar-refractivity contribution in [2.75, 3.05) is 19.8 Å². The highest BCUT2D eigenvalue weighted by molar-refractivity contribution is 5.98. The molecule has 2 saturated heterocycles. The Balaban J connectivity index is 1.17. The summed E-state index contributed by atoms with van der Waals surface area (Å²) < 4.78 is 39.4. The van der Waals surface area contributed by atoms with Gasteiger partial charge in [-0.25, -0.2) is 13.6 Å². The van der Waals surface area contributed by atoms with Gasteiger partial charge in [-0.15, -0.1) is 0 Å². The normalized spacial score (nSPS) is 22.6. The van der Waals surface area contributed by atoms with Crippen LogP contribution < -0.4 is 0 Å². The van der Waals surface area contributed by atoms with Crippen LogP contribution in [0, 0.1) is 17.6 Å². The van der Waals surface area contributed by atoms with Gasteiger partial charge in [-0.2, -0.15) is 0 Å². The predicted molar refractivity (Wildman–Crippen MR) is 129 cm³/mol. The van der Waals surface area contributed by atoms with E-state index >= 15 is 0 Å². The molecule has 1 amide bonds. The summed E-state index contributed by atoms with van der Waals surface area (Å²) in [6, 6.07) is 18.5. The summed E-state index contributed by atoms with van der Waals surface area (Å²) in [6.45, 7) is 0.757. The Morgan fingerprint density at radius 3 is 2.14 bits per heavy atom. The Bertz CT molecular complexity index is 1280. The van der Waals surface area contributed by atoms with Gasteiger partial charge in [0.15, 0.2) is 5.78 Å². The number of halogens is 2. The van der Waals surface area contributed by atoms with Gasteiger partial charge in [0, 0.05) is 11.8 Å². The SMILES string of the molecule is O=C(c1cc(F)ccc1F)C1CC2COCC(C1)N2C(=O)OCC1c2ccccc2-c2ccccc21. The Labute approximate surface area is 207 Å². The lowest BCUT2D eigenvalue weighted by molar-refractivity contribution is -0.0748. The number of ketones is 1. The van der Waals surface area contributed by atoms with Crippen LogP contribution in [0.15, 0.2) is 66.7 Å². The number of hydrogen-bond donors (Lipinski definition) is 0. The fraction of sp³-hybridized carbons (Fsp3) is 0.310. The molecule has 3 aromatic rings. The molecule has 3 aromatic carbocycles. The third-order valence-electron chi connectivity index (χ3n) is 7.63. The summed E-state index contributed by atoms with van der Waals surface area (Å²) in [4.78, 5) is 28.0. The Morgan fingerprint density at radius 1 is 0.889 bits per heavy atom. The molecule has 2 unspecified atom stereocenters. The summed E-state index contributed by atoms with van der Waals surface area (Å²) >= 11 is 0. The lowest BCUT2D eigenvalue weighted by Gasteiger charge is -2.47. The van der Waals surface area contributed by atoms with E-state index in [1.54, 1.807) is 4.90 Å². The number of hydrogen-bond acceptors (Lipinski definition) is 4. The van der Waals surface area contributed by atoms with Gasteiger partial charge < -0.3 is 9.47 Å². The summed E-state index contributed by atoms with van der Waals surface area (Å²) in [5.41, 5.74) is 4.34. The van der Waals surface area contributed by atoms with Crippen molar-refractivity contribution < 1.29 is 27.8 Å². The van der Waals surface area contributed by atoms with Gasteiger partial charge in [-0.1, -0.05) is 48.5 Å². The predicted octanol–water partition coefficient (Wildman–Crippen LogP) is 5.58. The maximum absolute atomic E-state index is 14.2. The molecule has 2 bridgehead atoms. The number of amides is 1. The highest BCUT2D eigenvalue weighted by Gasteiger charge is 2.45. The highest BCUT2D eigenvalue weighted by atomic mass is 19.1. The summed E-state index contributed by atoms with van der Waals surface area (Å²) in [6.07, 6.45) is 0.198. The average molecular weight is 490 g/mol. The molecule has 2 heterocycles. The number of piperidine rings is 1. The second-order valence-corrected chi connectivity index (χ2v) is 9.71. The molecular weight excluding hydrogens is 464 g/mol. The molecule has 7 heteroatoms. The van der Waals surface area contributed by atoms with E-state index in [-0.39, 0.29) is 43.4 Å². The van der Waals surface area contributed by atoms with E-state index in [0.717, 1.165) is 40.5 Å². The molecule has 36 heavy (non-hydrogen) atoms. The zero-order valence-electron chi connectivity index (χ0n) is 19.5. The molecule has 3 aliphatic rings. The number of benzene rings is 3. The molecule has 2 fully saturated rings. The van der Waals surface area contributed by atoms with Gasteiger partial charge in [-0.3, -0.25) is 9.69 Å². The lowest BCUT2D eigenvalue weighted by Crippen LogP contribution is -2.60. The number of ether oxygens (including phenoxy) is 2. The van der Waals surface area contributed by atoms with Crippen LogP contribution in [0.25, 0.3) is 11.1 Å². The standard InChI is InChI=1S/C29H25F2NO4/c30-18-9-10-27(31)25(13-18)28(33)17-11-19-14-35-15-20(12-17)32(19)29(34)36-16-26-23-7-3-1-5-21(23)22-6-2-4-8-24(22)26/h1-10,13,17,19-20,26H,11-12,14-16H2. The lowest BCUT2D eigenvalue weighted by atomic mass is 9.80. The van der Waals surface area contributed by atoms with Crippen LogP contribution >= 0.6 is 0 Å². The number of Topliss-reactive ketones (excluding diaryl/α,β-unsaturated/α-hetero) is 1. The minimum absolute atomic E-state index is 0.0486. The molecule has 0 aromatic heterocycles. The van der Waals surface area contributed by atoms with Crippen LogP contribution in [0.3, 0.4) is 0 Å².